The number of rotatable bonds is 6. The van der Waals surface area contributed by atoms with Crippen LogP contribution in [0.15, 0.2) is 48.5 Å². The van der Waals surface area contributed by atoms with Crippen LogP contribution >= 0.6 is 0 Å². The fraction of sp³-hybridized carbons (Fsp3) is 0.391. The number of aromatic nitrogens is 2. The summed E-state index contributed by atoms with van der Waals surface area (Å²) in [4.78, 5) is 19.2. The third-order valence-electron chi connectivity index (χ3n) is 5.80. The Morgan fingerprint density at radius 2 is 1.83 bits per heavy atom. The summed E-state index contributed by atoms with van der Waals surface area (Å²) in [7, 11) is 3.40. The van der Waals surface area contributed by atoms with E-state index in [4.69, 9.17) is 9.72 Å². The van der Waals surface area contributed by atoms with Gasteiger partial charge >= 0.3 is 0 Å². The number of methoxy groups -OCH3 is 1. The summed E-state index contributed by atoms with van der Waals surface area (Å²) in [5.41, 5.74) is 3.39. The quantitative estimate of drug-likeness (QED) is 0.701. The normalized spacial score (nSPS) is 15.5. The first-order valence-corrected chi connectivity index (χ1v) is 10.2. The Kier molecular flexibility index (Phi) is 5.81. The zero-order chi connectivity index (χ0) is 20.2. The molecule has 0 radical (unpaired) electrons. The van der Waals surface area contributed by atoms with Crippen LogP contribution < -0.4 is 10.1 Å². The lowest BCUT2D eigenvalue weighted by atomic mass is 9.96. The molecule has 29 heavy (non-hydrogen) atoms. The first-order chi connectivity index (χ1) is 14.2. The Bertz CT molecular complexity index is 972. The number of fused-ring (bicyclic) bond motifs is 1. The van der Waals surface area contributed by atoms with Crippen LogP contribution in [0.1, 0.15) is 24.2 Å². The molecule has 0 atom stereocenters. The fourth-order valence-corrected chi connectivity index (χ4v) is 4.09. The van der Waals surface area contributed by atoms with E-state index in [0.29, 0.717) is 0 Å². The van der Waals surface area contributed by atoms with Gasteiger partial charge in [-0.05, 0) is 55.8 Å². The van der Waals surface area contributed by atoms with Crippen molar-refractivity contribution in [3.8, 4) is 5.75 Å². The maximum Gasteiger partial charge on any atom is 0.222 e. The number of para-hydroxylation sites is 2. The molecule has 2 aromatic carbocycles. The molecule has 0 saturated carbocycles. The number of nitrogens with zero attached hydrogens (tertiary/aromatic N) is 3. The maximum atomic E-state index is 11.9. The monoisotopic (exact) mass is 392 g/mol. The molecule has 1 saturated heterocycles. The summed E-state index contributed by atoms with van der Waals surface area (Å²) in [6.07, 6.45) is 1.80. The molecule has 4 rings (SSSR count). The van der Waals surface area contributed by atoms with Gasteiger partial charge in [-0.2, -0.15) is 0 Å². The molecule has 0 bridgehead atoms. The number of carbonyl (C=O) groups excluding carboxylic acids is 1. The molecule has 1 N–H and O–H groups in total. The van der Waals surface area contributed by atoms with Gasteiger partial charge in [-0.15, -0.1) is 0 Å². The van der Waals surface area contributed by atoms with E-state index in [1.807, 2.05) is 18.2 Å². The van der Waals surface area contributed by atoms with Crippen molar-refractivity contribution < 1.29 is 9.53 Å². The number of hydrogen-bond acceptors (Lipinski definition) is 4. The second-order valence-corrected chi connectivity index (χ2v) is 7.62. The summed E-state index contributed by atoms with van der Waals surface area (Å²) in [5.74, 6) is 2.23. The number of piperidine rings is 1. The molecule has 6 nitrogen and oxygen atoms in total. The minimum Gasteiger partial charge on any atom is -0.497 e. The highest BCUT2D eigenvalue weighted by Gasteiger charge is 2.25. The Morgan fingerprint density at radius 3 is 2.52 bits per heavy atom. The van der Waals surface area contributed by atoms with Crippen LogP contribution in [0, 0.1) is 5.92 Å². The number of likely N-dealkylation sites (tertiary alicyclic amines) is 1. The van der Waals surface area contributed by atoms with Crippen molar-refractivity contribution in [2.45, 2.75) is 25.9 Å². The van der Waals surface area contributed by atoms with Gasteiger partial charge in [-0.3, -0.25) is 9.69 Å². The minimum absolute atomic E-state index is 0.134. The Hall–Kier alpha value is -2.86. The van der Waals surface area contributed by atoms with Gasteiger partial charge in [0.25, 0.3) is 0 Å². The van der Waals surface area contributed by atoms with Crippen molar-refractivity contribution in [1.29, 1.82) is 0 Å². The third-order valence-corrected chi connectivity index (χ3v) is 5.80. The van der Waals surface area contributed by atoms with Gasteiger partial charge in [-0.25, -0.2) is 4.98 Å². The van der Waals surface area contributed by atoms with Crippen LogP contribution in [0.25, 0.3) is 11.0 Å². The molecule has 1 aromatic heterocycles. The van der Waals surface area contributed by atoms with E-state index in [9.17, 15) is 4.79 Å². The van der Waals surface area contributed by atoms with E-state index >= 15 is 0 Å². The zero-order valence-electron chi connectivity index (χ0n) is 17.1. The Balaban J connectivity index is 1.54. The summed E-state index contributed by atoms with van der Waals surface area (Å²) < 4.78 is 7.59. The summed E-state index contributed by atoms with van der Waals surface area (Å²) >= 11 is 0. The SMILES string of the molecule is CNC(=O)C1CCN(Cc2nc3ccccc3n2Cc2ccc(OC)cc2)CC1. The number of ether oxygens (including phenoxy) is 1. The predicted octanol–water partition coefficient (Wildman–Crippen LogP) is 3.05. The van der Waals surface area contributed by atoms with Crippen molar-refractivity contribution >= 4 is 16.9 Å². The van der Waals surface area contributed by atoms with Gasteiger partial charge in [0.1, 0.15) is 11.6 Å². The number of amides is 1. The van der Waals surface area contributed by atoms with Crippen LogP contribution in [0.3, 0.4) is 0 Å². The number of nitrogens with one attached hydrogen (secondary N) is 1. The predicted molar refractivity (Wildman–Crippen MR) is 114 cm³/mol. The molecule has 3 aromatic rings. The van der Waals surface area contributed by atoms with Gasteiger partial charge < -0.3 is 14.6 Å². The topological polar surface area (TPSA) is 59.4 Å². The average Bonchev–Trinajstić information content (AvgIpc) is 3.11. The van der Waals surface area contributed by atoms with E-state index in [1.54, 1.807) is 14.2 Å². The third kappa shape index (κ3) is 4.27. The Morgan fingerprint density at radius 1 is 1.10 bits per heavy atom. The molecule has 1 aliphatic rings. The highest BCUT2D eigenvalue weighted by molar-refractivity contribution is 5.78. The van der Waals surface area contributed by atoms with Crippen molar-refractivity contribution in [2.75, 3.05) is 27.2 Å². The summed E-state index contributed by atoms with van der Waals surface area (Å²) in [5, 5.41) is 2.78. The number of hydrogen-bond donors (Lipinski definition) is 1. The van der Waals surface area contributed by atoms with Crippen LogP contribution in [0.5, 0.6) is 5.75 Å². The van der Waals surface area contributed by atoms with Crippen LogP contribution in [0.4, 0.5) is 0 Å². The van der Waals surface area contributed by atoms with Crippen molar-refractivity contribution in [3.05, 3.63) is 59.9 Å². The molecule has 1 amide bonds. The van der Waals surface area contributed by atoms with Gasteiger partial charge in [0.05, 0.1) is 24.7 Å². The van der Waals surface area contributed by atoms with Crippen molar-refractivity contribution in [3.63, 3.8) is 0 Å². The van der Waals surface area contributed by atoms with E-state index in [0.717, 1.165) is 61.6 Å². The molecular formula is C23H28N4O2. The molecule has 0 aliphatic carbocycles. The van der Waals surface area contributed by atoms with Gasteiger partial charge in [0.15, 0.2) is 0 Å². The smallest absolute Gasteiger partial charge is 0.222 e. The lowest BCUT2D eigenvalue weighted by molar-refractivity contribution is -0.125. The highest BCUT2D eigenvalue weighted by atomic mass is 16.5. The summed E-state index contributed by atoms with van der Waals surface area (Å²) in [6, 6.07) is 16.5. The second kappa shape index (κ2) is 8.66. The molecule has 1 fully saturated rings. The van der Waals surface area contributed by atoms with Crippen molar-refractivity contribution in [2.24, 2.45) is 5.92 Å². The van der Waals surface area contributed by atoms with Crippen molar-refractivity contribution in [1.82, 2.24) is 19.8 Å². The maximum absolute atomic E-state index is 11.9. The largest absolute Gasteiger partial charge is 0.497 e. The second-order valence-electron chi connectivity index (χ2n) is 7.62. The fourth-order valence-electron chi connectivity index (χ4n) is 4.09. The molecule has 2 heterocycles. The molecule has 0 unspecified atom stereocenters. The molecule has 0 spiro atoms. The molecule has 152 valence electrons. The summed E-state index contributed by atoms with van der Waals surface area (Å²) in [6.45, 7) is 3.41. The van der Waals surface area contributed by atoms with E-state index in [-0.39, 0.29) is 11.8 Å². The van der Waals surface area contributed by atoms with Gasteiger partial charge in [0, 0.05) is 19.5 Å². The highest BCUT2D eigenvalue weighted by Crippen LogP contribution is 2.23. The number of imidazole rings is 1. The van der Waals surface area contributed by atoms with Gasteiger partial charge in [-0.1, -0.05) is 24.3 Å². The van der Waals surface area contributed by atoms with Crippen LogP contribution in [-0.2, 0) is 17.9 Å². The number of carbonyl (C=O) groups is 1. The van der Waals surface area contributed by atoms with E-state index < -0.39 is 0 Å². The van der Waals surface area contributed by atoms with Crippen LogP contribution in [-0.4, -0.2) is 47.6 Å². The zero-order valence-corrected chi connectivity index (χ0v) is 17.1. The minimum atomic E-state index is 0.134. The standard InChI is InChI=1S/C23H28N4O2/c1-24-23(28)18-11-13-26(14-12-18)16-22-25-20-5-3-4-6-21(20)27(22)15-17-7-9-19(29-2)10-8-17/h3-10,18H,11-16H2,1-2H3,(H,24,28). The van der Waals surface area contributed by atoms with E-state index in [2.05, 4.69) is 45.1 Å². The molecule has 6 heteroatoms. The number of benzene rings is 2. The molecular weight excluding hydrogens is 364 g/mol. The van der Waals surface area contributed by atoms with Gasteiger partial charge in [0.2, 0.25) is 5.91 Å². The lowest BCUT2D eigenvalue weighted by Crippen LogP contribution is -2.39. The van der Waals surface area contributed by atoms with E-state index in [1.165, 1.54) is 5.56 Å². The first-order valence-electron chi connectivity index (χ1n) is 10.2. The average molecular weight is 393 g/mol. The lowest BCUT2D eigenvalue weighted by Gasteiger charge is -2.30. The molecule has 1 aliphatic heterocycles. The first kappa shape index (κ1) is 19.5. The Labute approximate surface area is 171 Å². The van der Waals surface area contributed by atoms with Crippen LogP contribution in [0.2, 0.25) is 0 Å².